The van der Waals surface area contributed by atoms with Crippen LogP contribution in [0.3, 0.4) is 0 Å². The normalized spacial score (nSPS) is 18.6. The lowest BCUT2D eigenvalue weighted by molar-refractivity contribution is 0.209. The first-order valence-corrected chi connectivity index (χ1v) is 7.88. The number of anilines is 1. The predicted octanol–water partition coefficient (Wildman–Crippen LogP) is 2.76. The maximum Gasteiger partial charge on any atom is 0.0642 e. The monoisotopic (exact) mass is 295 g/mol. The molecule has 2 N–H and O–H groups in total. The summed E-state index contributed by atoms with van der Waals surface area (Å²) in [4.78, 5) is 4.89. The van der Waals surface area contributed by atoms with Crippen molar-refractivity contribution >= 4 is 17.3 Å². The third kappa shape index (κ3) is 3.87. The number of piperazine rings is 1. The highest BCUT2D eigenvalue weighted by atomic mass is 35.5. The molecule has 1 aliphatic rings. The summed E-state index contributed by atoms with van der Waals surface area (Å²) in [6.07, 6.45) is 0.876. The van der Waals surface area contributed by atoms with E-state index in [9.17, 15) is 0 Å². The van der Waals surface area contributed by atoms with Gasteiger partial charge >= 0.3 is 0 Å². The summed E-state index contributed by atoms with van der Waals surface area (Å²) in [7, 11) is 0. The minimum atomic E-state index is 0.173. The van der Waals surface area contributed by atoms with Crippen molar-refractivity contribution in [3.05, 3.63) is 28.8 Å². The number of nitrogens with two attached hydrogens (primary N) is 1. The number of hydrogen-bond donors (Lipinski definition) is 1. The highest BCUT2D eigenvalue weighted by Gasteiger charge is 2.20. The average molecular weight is 296 g/mol. The molecule has 4 heteroatoms. The van der Waals surface area contributed by atoms with Gasteiger partial charge in [0, 0.05) is 38.3 Å². The highest BCUT2D eigenvalue weighted by molar-refractivity contribution is 6.33. The topological polar surface area (TPSA) is 32.5 Å². The lowest BCUT2D eigenvalue weighted by Gasteiger charge is -2.38. The molecule has 1 atom stereocenters. The Kier molecular flexibility index (Phi) is 5.30. The Bertz CT molecular complexity index is 437. The molecule has 2 rings (SSSR count). The predicted molar refractivity (Wildman–Crippen MR) is 87.7 cm³/mol. The largest absolute Gasteiger partial charge is 0.368 e. The summed E-state index contributed by atoms with van der Waals surface area (Å²) in [6.45, 7) is 10.8. The lowest BCUT2D eigenvalue weighted by Crippen LogP contribution is -2.49. The fraction of sp³-hybridized carbons (Fsp3) is 0.625. The molecule has 1 saturated heterocycles. The zero-order valence-electron chi connectivity index (χ0n) is 12.8. The summed E-state index contributed by atoms with van der Waals surface area (Å²) in [5.41, 5.74) is 8.21. The van der Waals surface area contributed by atoms with Gasteiger partial charge in [0.2, 0.25) is 0 Å². The molecule has 3 nitrogen and oxygen atoms in total. The average Bonchev–Trinajstić information content (AvgIpc) is 2.38. The molecule has 0 radical (unpaired) electrons. The van der Waals surface area contributed by atoms with E-state index in [4.69, 9.17) is 17.3 Å². The summed E-state index contributed by atoms with van der Waals surface area (Å²) < 4.78 is 0. The van der Waals surface area contributed by atoms with E-state index in [-0.39, 0.29) is 6.04 Å². The Morgan fingerprint density at radius 3 is 2.30 bits per heavy atom. The Balaban J connectivity index is 2.03. The molecule has 1 aromatic rings. The Hall–Kier alpha value is -0.770. The molecule has 20 heavy (non-hydrogen) atoms. The molecule has 112 valence electrons. The van der Waals surface area contributed by atoms with Crippen LogP contribution in [0.2, 0.25) is 5.02 Å². The van der Waals surface area contributed by atoms with Crippen molar-refractivity contribution < 1.29 is 0 Å². The fourth-order valence-electron chi connectivity index (χ4n) is 2.78. The van der Waals surface area contributed by atoms with Gasteiger partial charge in [-0.1, -0.05) is 17.7 Å². The van der Waals surface area contributed by atoms with Crippen LogP contribution in [0.1, 0.15) is 26.3 Å². The van der Waals surface area contributed by atoms with Gasteiger partial charge in [-0.05, 0) is 44.9 Å². The zero-order valence-corrected chi connectivity index (χ0v) is 13.5. The van der Waals surface area contributed by atoms with Crippen LogP contribution < -0.4 is 10.6 Å². The van der Waals surface area contributed by atoms with Gasteiger partial charge in [0.25, 0.3) is 0 Å². The minimum absolute atomic E-state index is 0.173. The summed E-state index contributed by atoms with van der Waals surface area (Å²) in [6, 6.07) is 7.16. The van der Waals surface area contributed by atoms with Crippen LogP contribution >= 0.6 is 11.6 Å². The maximum absolute atomic E-state index is 6.45. The van der Waals surface area contributed by atoms with Gasteiger partial charge in [0.15, 0.2) is 0 Å². The van der Waals surface area contributed by atoms with Crippen LogP contribution in [-0.4, -0.2) is 43.2 Å². The standard InChI is InChI=1S/C16H26ClN3/c1-12(2)19-6-8-20(9-7-19)16-5-4-14(10-13(3)18)11-15(16)17/h4-5,11-13H,6-10,18H2,1-3H3. The van der Waals surface area contributed by atoms with Gasteiger partial charge in [-0.25, -0.2) is 0 Å². The van der Waals surface area contributed by atoms with Crippen LogP contribution in [-0.2, 0) is 6.42 Å². The van der Waals surface area contributed by atoms with Crippen LogP contribution in [0.5, 0.6) is 0 Å². The third-order valence-corrected chi connectivity index (χ3v) is 4.26. The molecule has 1 aliphatic heterocycles. The lowest BCUT2D eigenvalue weighted by atomic mass is 10.1. The first-order valence-electron chi connectivity index (χ1n) is 7.50. The molecule has 1 aromatic carbocycles. The molecule has 0 bridgehead atoms. The van der Waals surface area contributed by atoms with Crippen LogP contribution in [0.15, 0.2) is 18.2 Å². The summed E-state index contributed by atoms with van der Waals surface area (Å²) in [5.74, 6) is 0. The smallest absolute Gasteiger partial charge is 0.0642 e. The van der Waals surface area contributed by atoms with E-state index in [1.54, 1.807) is 0 Å². The van der Waals surface area contributed by atoms with Gasteiger partial charge < -0.3 is 10.6 Å². The zero-order chi connectivity index (χ0) is 14.7. The number of hydrogen-bond acceptors (Lipinski definition) is 3. The van der Waals surface area contributed by atoms with E-state index in [2.05, 4.69) is 41.8 Å². The van der Waals surface area contributed by atoms with Crippen molar-refractivity contribution in [1.29, 1.82) is 0 Å². The number of benzene rings is 1. The fourth-order valence-corrected chi connectivity index (χ4v) is 3.11. The molecule has 1 unspecified atom stereocenters. The van der Waals surface area contributed by atoms with Crippen molar-refractivity contribution in [2.45, 2.75) is 39.3 Å². The molecular formula is C16H26ClN3. The van der Waals surface area contributed by atoms with E-state index in [0.29, 0.717) is 6.04 Å². The molecule has 1 fully saturated rings. The van der Waals surface area contributed by atoms with Gasteiger partial charge in [0.05, 0.1) is 10.7 Å². The molecule has 0 aliphatic carbocycles. The van der Waals surface area contributed by atoms with E-state index in [1.807, 2.05) is 6.92 Å². The molecule has 0 aromatic heterocycles. The van der Waals surface area contributed by atoms with Crippen LogP contribution in [0, 0.1) is 0 Å². The third-order valence-electron chi connectivity index (χ3n) is 3.96. The second-order valence-corrected chi connectivity index (χ2v) is 6.49. The first-order chi connectivity index (χ1) is 9.47. The second kappa shape index (κ2) is 6.79. The van der Waals surface area contributed by atoms with Gasteiger partial charge in [-0.3, -0.25) is 4.90 Å². The van der Waals surface area contributed by atoms with E-state index < -0.39 is 0 Å². The first kappa shape index (κ1) is 15.6. The van der Waals surface area contributed by atoms with E-state index in [1.165, 1.54) is 5.56 Å². The van der Waals surface area contributed by atoms with E-state index in [0.717, 1.165) is 43.3 Å². The quantitative estimate of drug-likeness (QED) is 0.927. The Morgan fingerprint density at radius 2 is 1.80 bits per heavy atom. The highest BCUT2D eigenvalue weighted by Crippen LogP contribution is 2.28. The van der Waals surface area contributed by atoms with Crippen LogP contribution in [0.4, 0.5) is 5.69 Å². The summed E-state index contributed by atoms with van der Waals surface area (Å²) >= 11 is 6.45. The van der Waals surface area contributed by atoms with Crippen molar-refractivity contribution in [1.82, 2.24) is 4.90 Å². The molecule has 0 spiro atoms. The number of nitrogens with zero attached hydrogens (tertiary/aromatic N) is 2. The summed E-state index contributed by atoms with van der Waals surface area (Å²) in [5, 5.41) is 0.848. The molecule has 1 heterocycles. The van der Waals surface area contributed by atoms with Crippen molar-refractivity contribution in [3.8, 4) is 0 Å². The molecule has 0 amide bonds. The van der Waals surface area contributed by atoms with Crippen molar-refractivity contribution in [2.24, 2.45) is 5.73 Å². The maximum atomic E-state index is 6.45. The Labute approximate surface area is 127 Å². The second-order valence-electron chi connectivity index (χ2n) is 6.08. The van der Waals surface area contributed by atoms with Crippen molar-refractivity contribution in [3.63, 3.8) is 0 Å². The van der Waals surface area contributed by atoms with E-state index >= 15 is 0 Å². The molecule has 0 saturated carbocycles. The van der Waals surface area contributed by atoms with Gasteiger partial charge in [-0.2, -0.15) is 0 Å². The Morgan fingerprint density at radius 1 is 1.15 bits per heavy atom. The SMILES string of the molecule is CC(N)Cc1ccc(N2CCN(C(C)C)CC2)c(Cl)c1. The van der Waals surface area contributed by atoms with Gasteiger partial charge in [-0.15, -0.1) is 0 Å². The number of rotatable bonds is 4. The van der Waals surface area contributed by atoms with Crippen LogP contribution in [0.25, 0.3) is 0 Å². The van der Waals surface area contributed by atoms with Crippen molar-refractivity contribution in [2.75, 3.05) is 31.1 Å². The number of halogens is 1. The molecular weight excluding hydrogens is 270 g/mol. The minimum Gasteiger partial charge on any atom is -0.368 e. The van der Waals surface area contributed by atoms with Gasteiger partial charge in [0.1, 0.15) is 0 Å².